The summed E-state index contributed by atoms with van der Waals surface area (Å²) in [5.74, 6) is 2.96. The zero-order valence-corrected chi connectivity index (χ0v) is 12.9. The molecule has 116 valence electrons. The van der Waals surface area contributed by atoms with E-state index >= 15 is 0 Å². The van der Waals surface area contributed by atoms with Gasteiger partial charge in [0.1, 0.15) is 12.2 Å². The summed E-state index contributed by atoms with van der Waals surface area (Å²) in [6, 6.07) is 0. The Labute approximate surface area is 126 Å². The Morgan fingerprint density at radius 3 is 2.52 bits per heavy atom. The van der Waals surface area contributed by atoms with Gasteiger partial charge in [-0.15, -0.1) is 0 Å². The molecule has 0 spiro atoms. The highest BCUT2D eigenvalue weighted by Gasteiger charge is 2.31. The minimum atomic E-state index is 0.287. The Morgan fingerprint density at radius 2 is 1.95 bits per heavy atom. The van der Waals surface area contributed by atoms with Crippen LogP contribution in [0.4, 0.5) is 0 Å². The normalized spacial score (nSPS) is 27.8. The van der Waals surface area contributed by atoms with Crippen molar-refractivity contribution in [3.05, 3.63) is 12.2 Å². The van der Waals surface area contributed by atoms with Gasteiger partial charge in [-0.2, -0.15) is 5.10 Å². The van der Waals surface area contributed by atoms with E-state index in [9.17, 15) is 4.79 Å². The van der Waals surface area contributed by atoms with E-state index in [1.54, 1.807) is 6.33 Å². The van der Waals surface area contributed by atoms with Crippen molar-refractivity contribution in [2.75, 3.05) is 13.1 Å². The molecule has 2 heterocycles. The lowest BCUT2D eigenvalue weighted by atomic mass is 9.80. The molecule has 21 heavy (non-hydrogen) atoms. The first-order chi connectivity index (χ1) is 10.3. The zero-order valence-electron chi connectivity index (χ0n) is 12.9. The van der Waals surface area contributed by atoms with Crippen molar-refractivity contribution >= 4 is 5.91 Å². The zero-order chi connectivity index (χ0) is 14.7. The van der Waals surface area contributed by atoms with Gasteiger partial charge in [-0.3, -0.25) is 9.89 Å². The Morgan fingerprint density at radius 1 is 1.24 bits per heavy atom. The Bertz CT molecular complexity index is 443. The summed E-state index contributed by atoms with van der Waals surface area (Å²) in [4.78, 5) is 19.0. The summed E-state index contributed by atoms with van der Waals surface area (Å²) in [5, 5.41) is 6.88. The number of carbonyl (C=O) groups excluding carboxylic acids is 1. The minimum Gasteiger partial charge on any atom is -0.342 e. The molecule has 1 N–H and O–H groups in total. The van der Waals surface area contributed by atoms with E-state index in [-0.39, 0.29) is 5.92 Å². The SMILES string of the molecule is CCC1CCC(C(=O)N2CCC(c3ncn[nH]3)CC2)CC1. The highest BCUT2D eigenvalue weighted by molar-refractivity contribution is 5.79. The van der Waals surface area contributed by atoms with Gasteiger partial charge >= 0.3 is 0 Å². The second-order valence-electron chi connectivity index (χ2n) is 6.60. The maximum atomic E-state index is 12.6. The standard InChI is InChI=1S/C16H26N4O/c1-2-12-3-5-14(6-4-12)16(21)20-9-7-13(8-10-20)15-17-11-18-19-15/h11-14H,2-10H2,1H3,(H,17,18,19). The third-order valence-corrected chi connectivity index (χ3v) is 5.40. The van der Waals surface area contributed by atoms with Crippen LogP contribution < -0.4 is 0 Å². The van der Waals surface area contributed by atoms with Crippen LogP contribution in [-0.4, -0.2) is 39.1 Å². The topological polar surface area (TPSA) is 61.9 Å². The predicted molar refractivity (Wildman–Crippen MR) is 80.7 cm³/mol. The first-order valence-electron chi connectivity index (χ1n) is 8.42. The lowest BCUT2D eigenvalue weighted by Gasteiger charge is -2.35. The van der Waals surface area contributed by atoms with E-state index < -0.39 is 0 Å². The molecule has 5 nitrogen and oxygen atoms in total. The van der Waals surface area contributed by atoms with Gasteiger partial charge < -0.3 is 4.90 Å². The molecular weight excluding hydrogens is 264 g/mol. The fourth-order valence-electron chi connectivity index (χ4n) is 3.86. The van der Waals surface area contributed by atoms with Gasteiger partial charge in [-0.05, 0) is 44.4 Å². The number of hydrogen-bond acceptors (Lipinski definition) is 3. The van der Waals surface area contributed by atoms with Crippen LogP contribution >= 0.6 is 0 Å². The van der Waals surface area contributed by atoms with Crippen molar-refractivity contribution in [2.45, 2.75) is 57.8 Å². The van der Waals surface area contributed by atoms with Crippen molar-refractivity contribution in [1.29, 1.82) is 0 Å². The largest absolute Gasteiger partial charge is 0.342 e. The molecule has 5 heteroatoms. The summed E-state index contributed by atoms with van der Waals surface area (Å²) in [6.07, 6.45) is 9.51. The van der Waals surface area contributed by atoms with Gasteiger partial charge in [0.15, 0.2) is 0 Å². The highest BCUT2D eigenvalue weighted by Crippen LogP contribution is 2.33. The highest BCUT2D eigenvalue weighted by atomic mass is 16.2. The number of aromatic nitrogens is 3. The van der Waals surface area contributed by atoms with Gasteiger partial charge in [0.05, 0.1) is 0 Å². The van der Waals surface area contributed by atoms with Crippen LogP contribution in [0.25, 0.3) is 0 Å². The van der Waals surface area contributed by atoms with Crippen molar-refractivity contribution in [2.24, 2.45) is 11.8 Å². The van der Waals surface area contributed by atoms with Gasteiger partial charge in [0.25, 0.3) is 0 Å². The number of likely N-dealkylation sites (tertiary alicyclic amines) is 1. The number of H-pyrrole nitrogens is 1. The number of carbonyl (C=O) groups is 1. The summed E-state index contributed by atoms with van der Waals surface area (Å²) >= 11 is 0. The van der Waals surface area contributed by atoms with Gasteiger partial charge in [0, 0.05) is 24.9 Å². The quantitative estimate of drug-likeness (QED) is 0.931. The summed E-state index contributed by atoms with van der Waals surface area (Å²) < 4.78 is 0. The number of nitrogens with one attached hydrogen (secondary N) is 1. The summed E-state index contributed by atoms with van der Waals surface area (Å²) in [6.45, 7) is 4.01. The fraction of sp³-hybridized carbons (Fsp3) is 0.812. The molecule has 0 aromatic carbocycles. The minimum absolute atomic E-state index is 0.287. The molecule has 1 aromatic rings. The van der Waals surface area contributed by atoms with Crippen molar-refractivity contribution < 1.29 is 4.79 Å². The third kappa shape index (κ3) is 3.27. The molecule has 0 unspecified atom stereocenters. The summed E-state index contributed by atoms with van der Waals surface area (Å²) in [7, 11) is 0. The molecular formula is C16H26N4O. The number of hydrogen-bond donors (Lipinski definition) is 1. The molecule has 1 aromatic heterocycles. The third-order valence-electron chi connectivity index (χ3n) is 5.40. The van der Waals surface area contributed by atoms with Crippen LogP contribution in [0.2, 0.25) is 0 Å². The monoisotopic (exact) mass is 290 g/mol. The van der Waals surface area contributed by atoms with Crippen molar-refractivity contribution in [3.8, 4) is 0 Å². The fourth-order valence-corrected chi connectivity index (χ4v) is 3.86. The lowest BCUT2D eigenvalue weighted by Crippen LogP contribution is -2.42. The Hall–Kier alpha value is -1.39. The van der Waals surface area contributed by atoms with Crippen LogP contribution in [0.5, 0.6) is 0 Å². The molecule has 2 fully saturated rings. The van der Waals surface area contributed by atoms with E-state index in [0.717, 1.165) is 50.5 Å². The molecule has 0 atom stereocenters. The van der Waals surface area contributed by atoms with Gasteiger partial charge in [-0.1, -0.05) is 13.3 Å². The molecule has 1 aliphatic carbocycles. The number of aromatic amines is 1. The molecule has 1 amide bonds. The first-order valence-corrected chi connectivity index (χ1v) is 8.42. The van der Waals surface area contributed by atoms with Crippen molar-refractivity contribution in [3.63, 3.8) is 0 Å². The number of piperidine rings is 1. The molecule has 0 radical (unpaired) electrons. The molecule has 0 bridgehead atoms. The first kappa shape index (κ1) is 14.5. The average Bonchev–Trinajstić information content (AvgIpc) is 3.09. The van der Waals surface area contributed by atoms with Crippen LogP contribution in [-0.2, 0) is 4.79 Å². The van der Waals surface area contributed by atoms with Gasteiger partial charge in [-0.25, -0.2) is 4.98 Å². The van der Waals surface area contributed by atoms with E-state index in [0.29, 0.717) is 11.8 Å². The van der Waals surface area contributed by atoms with Crippen LogP contribution in [0, 0.1) is 11.8 Å². The molecule has 2 aliphatic rings. The number of rotatable bonds is 3. The van der Waals surface area contributed by atoms with E-state index in [2.05, 4.69) is 27.0 Å². The number of nitrogens with zero attached hydrogens (tertiary/aromatic N) is 3. The predicted octanol–water partition coefficient (Wildman–Crippen LogP) is 2.73. The maximum Gasteiger partial charge on any atom is 0.225 e. The second kappa shape index (κ2) is 6.58. The van der Waals surface area contributed by atoms with Crippen LogP contribution in [0.15, 0.2) is 6.33 Å². The van der Waals surface area contributed by atoms with Crippen molar-refractivity contribution in [1.82, 2.24) is 20.1 Å². The van der Waals surface area contributed by atoms with E-state index in [4.69, 9.17) is 0 Å². The van der Waals surface area contributed by atoms with E-state index in [1.165, 1.54) is 19.3 Å². The lowest BCUT2D eigenvalue weighted by molar-refractivity contribution is -0.138. The molecule has 3 rings (SSSR count). The smallest absolute Gasteiger partial charge is 0.225 e. The maximum absolute atomic E-state index is 12.6. The summed E-state index contributed by atoms with van der Waals surface area (Å²) in [5.41, 5.74) is 0. The Kier molecular flexibility index (Phi) is 4.56. The van der Waals surface area contributed by atoms with Crippen LogP contribution in [0.3, 0.4) is 0 Å². The van der Waals surface area contributed by atoms with E-state index in [1.807, 2.05) is 0 Å². The Balaban J connectivity index is 1.49. The molecule has 1 saturated heterocycles. The van der Waals surface area contributed by atoms with Crippen LogP contribution in [0.1, 0.15) is 63.6 Å². The van der Waals surface area contributed by atoms with Gasteiger partial charge in [0.2, 0.25) is 5.91 Å². The second-order valence-corrected chi connectivity index (χ2v) is 6.60. The number of amides is 1. The molecule has 1 saturated carbocycles. The average molecular weight is 290 g/mol. The molecule has 1 aliphatic heterocycles.